The molecule has 0 aliphatic rings. The van der Waals surface area contributed by atoms with E-state index in [0.29, 0.717) is 0 Å². The van der Waals surface area contributed by atoms with Gasteiger partial charge in [0, 0.05) is 12.1 Å². The molecule has 0 spiro atoms. The Hall–Kier alpha value is -2.53. The zero-order chi connectivity index (χ0) is 12.0. The molecular formula is C9H6N2O5. The normalized spacial score (nSPS) is 9.00. The minimum absolute atomic E-state index is 0.106. The SMILES string of the molecule is O=C=NCC(=O)Oc1ccc([N+](=O)[O-])cc1. The van der Waals surface area contributed by atoms with Crippen molar-refractivity contribution in [3.63, 3.8) is 0 Å². The topological polar surface area (TPSA) is 98.9 Å². The maximum Gasteiger partial charge on any atom is 0.334 e. The molecule has 0 fully saturated rings. The smallest absolute Gasteiger partial charge is 0.334 e. The Labute approximate surface area is 89.5 Å². The first kappa shape index (κ1) is 11.5. The highest BCUT2D eigenvalue weighted by Gasteiger charge is 2.07. The van der Waals surface area contributed by atoms with E-state index in [0.717, 1.165) is 0 Å². The van der Waals surface area contributed by atoms with Crippen LogP contribution >= 0.6 is 0 Å². The second-order valence-corrected chi connectivity index (χ2v) is 2.63. The molecule has 0 bridgehead atoms. The van der Waals surface area contributed by atoms with Gasteiger partial charge < -0.3 is 4.74 Å². The molecule has 1 aromatic rings. The summed E-state index contributed by atoms with van der Waals surface area (Å²) in [6.45, 7) is -0.430. The molecule has 0 aliphatic heterocycles. The van der Waals surface area contributed by atoms with E-state index < -0.39 is 17.4 Å². The fourth-order valence-electron chi connectivity index (χ4n) is 0.896. The summed E-state index contributed by atoms with van der Waals surface area (Å²) < 4.78 is 4.72. The summed E-state index contributed by atoms with van der Waals surface area (Å²) in [5.74, 6) is -0.589. The number of isocyanates is 1. The lowest BCUT2D eigenvalue weighted by Gasteiger charge is -2.00. The fourth-order valence-corrected chi connectivity index (χ4v) is 0.896. The van der Waals surface area contributed by atoms with Crippen molar-refractivity contribution in [1.82, 2.24) is 0 Å². The van der Waals surface area contributed by atoms with Crippen molar-refractivity contribution < 1.29 is 19.2 Å². The van der Waals surface area contributed by atoms with E-state index in [2.05, 4.69) is 4.99 Å². The highest BCUT2D eigenvalue weighted by molar-refractivity contribution is 5.75. The predicted octanol–water partition coefficient (Wildman–Crippen LogP) is 0.836. The van der Waals surface area contributed by atoms with Gasteiger partial charge in [0.1, 0.15) is 12.3 Å². The van der Waals surface area contributed by atoms with E-state index in [1.165, 1.54) is 30.3 Å². The Morgan fingerprint density at radius 2 is 2.06 bits per heavy atom. The first-order valence-corrected chi connectivity index (χ1v) is 4.12. The summed E-state index contributed by atoms with van der Waals surface area (Å²) in [6.07, 6.45) is 1.19. The van der Waals surface area contributed by atoms with Crippen LogP contribution in [0.5, 0.6) is 5.75 Å². The number of nitro benzene ring substituents is 1. The van der Waals surface area contributed by atoms with Crippen molar-refractivity contribution in [2.45, 2.75) is 0 Å². The number of non-ortho nitro benzene ring substituents is 1. The first-order chi connectivity index (χ1) is 7.63. The van der Waals surface area contributed by atoms with Crippen molar-refractivity contribution >= 4 is 17.7 Å². The van der Waals surface area contributed by atoms with Gasteiger partial charge in [-0.1, -0.05) is 0 Å². The maximum absolute atomic E-state index is 11.0. The van der Waals surface area contributed by atoms with Crippen LogP contribution in [0.3, 0.4) is 0 Å². The van der Waals surface area contributed by atoms with Crippen molar-refractivity contribution in [2.24, 2.45) is 4.99 Å². The molecular weight excluding hydrogens is 216 g/mol. The molecule has 0 saturated carbocycles. The highest BCUT2D eigenvalue weighted by atomic mass is 16.6. The third-order valence-electron chi connectivity index (χ3n) is 1.55. The third-order valence-corrected chi connectivity index (χ3v) is 1.55. The molecule has 0 heterocycles. The van der Waals surface area contributed by atoms with Gasteiger partial charge in [-0.05, 0) is 12.1 Å². The minimum atomic E-state index is -0.739. The van der Waals surface area contributed by atoms with Crippen molar-refractivity contribution in [3.8, 4) is 5.75 Å². The van der Waals surface area contributed by atoms with Crippen LogP contribution in [0.4, 0.5) is 5.69 Å². The summed E-state index contributed by atoms with van der Waals surface area (Å²) in [5, 5.41) is 10.3. The van der Waals surface area contributed by atoms with Gasteiger partial charge in [0.05, 0.1) is 4.92 Å². The van der Waals surface area contributed by atoms with Gasteiger partial charge >= 0.3 is 5.97 Å². The molecule has 0 N–H and O–H groups in total. The fraction of sp³-hybridized carbons (Fsp3) is 0.111. The molecule has 1 rings (SSSR count). The zero-order valence-electron chi connectivity index (χ0n) is 7.95. The number of carbonyl (C=O) groups is 1. The molecule has 7 heteroatoms. The van der Waals surface area contributed by atoms with Crippen LogP contribution in [-0.4, -0.2) is 23.5 Å². The van der Waals surface area contributed by atoms with Gasteiger partial charge in [0.15, 0.2) is 0 Å². The summed E-state index contributed by atoms with van der Waals surface area (Å²) in [6, 6.07) is 4.96. The van der Waals surface area contributed by atoms with Gasteiger partial charge in [-0.3, -0.25) is 10.1 Å². The van der Waals surface area contributed by atoms with E-state index in [4.69, 9.17) is 4.74 Å². The average molecular weight is 222 g/mol. The van der Waals surface area contributed by atoms with Crippen molar-refractivity contribution in [2.75, 3.05) is 6.54 Å². The van der Waals surface area contributed by atoms with Gasteiger partial charge in [-0.25, -0.2) is 9.59 Å². The monoisotopic (exact) mass is 222 g/mol. The summed E-state index contributed by atoms with van der Waals surface area (Å²) in [4.78, 5) is 33.4. The average Bonchev–Trinajstić information content (AvgIpc) is 2.27. The number of ether oxygens (including phenoxy) is 1. The number of rotatable bonds is 4. The highest BCUT2D eigenvalue weighted by Crippen LogP contribution is 2.17. The number of carbonyl (C=O) groups excluding carboxylic acids is 2. The second kappa shape index (κ2) is 5.38. The molecule has 7 nitrogen and oxygen atoms in total. The van der Waals surface area contributed by atoms with Crippen LogP contribution < -0.4 is 4.74 Å². The van der Waals surface area contributed by atoms with Gasteiger partial charge in [0.25, 0.3) is 5.69 Å². The Morgan fingerprint density at radius 3 is 2.56 bits per heavy atom. The number of esters is 1. The predicted molar refractivity (Wildman–Crippen MR) is 51.7 cm³/mol. The number of aliphatic imine (C=N–C) groups is 1. The molecule has 0 aliphatic carbocycles. The largest absolute Gasteiger partial charge is 0.425 e. The maximum atomic E-state index is 11.0. The molecule has 0 unspecified atom stereocenters. The molecule has 0 amide bonds. The Bertz CT molecular complexity index is 447. The molecule has 82 valence electrons. The lowest BCUT2D eigenvalue weighted by Crippen LogP contribution is -2.11. The molecule has 1 aromatic carbocycles. The number of hydrogen-bond acceptors (Lipinski definition) is 6. The van der Waals surface area contributed by atoms with Gasteiger partial charge in [0.2, 0.25) is 6.08 Å². The van der Waals surface area contributed by atoms with E-state index in [1.54, 1.807) is 0 Å². The summed E-state index contributed by atoms with van der Waals surface area (Å²) in [7, 11) is 0. The van der Waals surface area contributed by atoms with Crippen LogP contribution in [-0.2, 0) is 9.59 Å². The van der Waals surface area contributed by atoms with Crippen LogP contribution in [0.1, 0.15) is 0 Å². The molecule has 0 aromatic heterocycles. The van der Waals surface area contributed by atoms with Crippen LogP contribution in [0.25, 0.3) is 0 Å². The van der Waals surface area contributed by atoms with Gasteiger partial charge in [-0.15, -0.1) is 0 Å². The molecule has 16 heavy (non-hydrogen) atoms. The first-order valence-electron chi connectivity index (χ1n) is 4.12. The Kier molecular flexibility index (Phi) is 3.88. The summed E-state index contributed by atoms with van der Waals surface area (Å²) >= 11 is 0. The molecule has 0 atom stereocenters. The lowest BCUT2D eigenvalue weighted by molar-refractivity contribution is -0.384. The van der Waals surface area contributed by atoms with Crippen molar-refractivity contribution in [1.29, 1.82) is 0 Å². The Morgan fingerprint density at radius 1 is 1.44 bits per heavy atom. The van der Waals surface area contributed by atoms with Crippen LogP contribution in [0.15, 0.2) is 29.3 Å². The van der Waals surface area contributed by atoms with E-state index in [-0.39, 0.29) is 11.4 Å². The lowest BCUT2D eigenvalue weighted by atomic mass is 10.3. The van der Waals surface area contributed by atoms with Crippen LogP contribution in [0, 0.1) is 10.1 Å². The number of nitrogens with zero attached hydrogens (tertiary/aromatic N) is 2. The standard InChI is InChI=1S/C9H6N2O5/c12-6-10-5-9(13)16-8-3-1-7(2-4-8)11(14)15/h1-4H,5H2. The van der Waals surface area contributed by atoms with E-state index in [1.807, 2.05) is 0 Å². The number of benzene rings is 1. The summed E-state index contributed by atoms with van der Waals surface area (Å²) in [5.41, 5.74) is -0.106. The third kappa shape index (κ3) is 3.32. The second-order valence-electron chi connectivity index (χ2n) is 2.63. The quantitative estimate of drug-likeness (QED) is 0.188. The van der Waals surface area contributed by atoms with Crippen molar-refractivity contribution in [3.05, 3.63) is 34.4 Å². The van der Waals surface area contributed by atoms with Crippen LogP contribution in [0.2, 0.25) is 0 Å². The number of nitro groups is 1. The van der Waals surface area contributed by atoms with E-state index in [9.17, 15) is 19.7 Å². The molecule has 0 saturated heterocycles. The van der Waals surface area contributed by atoms with Gasteiger partial charge in [-0.2, -0.15) is 4.99 Å². The molecule has 0 radical (unpaired) electrons. The number of hydrogen-bond donors (Lipinski definition) is 0. The Balaban J connectivity index is 2.65. The minimum Gasteiger partial charge on any atom is -0.425 e. The zero-order valence-corrected chi connectivity index (χ0v) is 7.95. The van der Waals surface area contributed by atoms with E-state index >= 15 is 0 Å².